The molecule has 0 unspecified atom stereocenters. The fourth-order valence-corrected chi connectivity index (χ4v) is 3.06. The molecule has 0 aromatic carbocycles. The highest BCUT2D eigenvalue weighted by molar-refractivity contribution is 6.00. The molecule has 1 aliphatic heterocycles. The van der Waals surface area contributed by atoms with E-state index in [0.717, 1.165) is 41.6 Å². The summed E-state index contributed by atoms with van der Waals surface area (Å²) in [7, 11) is 0. The maximum absolute atomic E-state index is 11.5. The molecule has 4 heterocycles. The number of hydrogen-bond donors (Lipinski definition) is 1. The Morgan fingerprint density at radius 3 is 3.15 bits per heavy atom. The molecular formula is C14H15N5O. The van der Waals surface area contributed by atoms with Gasteiger partial charge in [-0.3, -0.25) is 4.79 Å². The number of aromatic nitrogens is 4. The Morgan fingerprint density at radius 2 is 2.35 bits per heavy atom. The Hall–Kier alpha value is -2.37. The molecule has 1 atom stereocenters. The van der Waals surface area contributed by atoms with Gasteiger partial charge in [-0.05, 0) is 12.5 Å². The predicted molar refractivity (Wildman–Crippen MR) is 75.3 cm³/mol. The lowest BCUT2D eigenvalue weighted by Gasteiger charge is -2.15. The van der Waals surface area contributed by atoms with Crippen LogP contribution in [0.2, 0.25) is 0 Å². The summed E-state index contributed by atoms with van der Waals surface area (Å²) in [5, 5.41) is 1.08. The monoisotopic (exact) mass is 269 g/mol. The quantitative estimate of drug-likeness (QED) is 0.731. The van der Waals surface area contributed by atoms with Crippen molar-refractivity contribution >= 4 is 28.0 Å². The molecule has 1 saturated heterocycles. The predicted octanol–water partition coefficient (Wildman–Crippen LogP) is 1.71. The number of nitrogens with zero attached hydrogens (tertiary/aromatic N) is 4. The number of imidazole rings is 1. The number of pyridine rings is 1. The molecular weight excluding hydrogens is 254 g/mol. The SMILES string of the molecule is CC(=O)N1CC[C@@H](n2cnc3cnc4[nH]ccc4c32)C1. The summed E-state index contributed by atoms with van der Waals surface area (Å²) in [5.74, 6) is 0.144. The van der Waals surface area contributed by atoms with Gasteiger partial charge in [-0.25, -0.2) is 9.97 Å². The van der Waals surface area contributed by atoms with Crippen LogP contribution in [0.3, 0.4) is 0 Å². The summed E-state index contributed by atoms with van der Waals surface area (Å²) in [5.41, 5.74) is 2.88. The highest BCUT2D eigenvalue weighted by Crippen LogP contribution is 2.29. The maximum Gasteiger partial charge on any atom is 0.219 e. The summed E-state index contributed by atoms with van der Waals surface area (Å²) >= 11 is 0. The molecule has 1 N–H and O–H groups in total. The Balaban J connectivity index is 1.84. The molecule has 1 aliphatic rings. The highest BCUT2D eigenvalue weighted by Gasteiger charge is 2.27. The van der Waals surface area contributed by atoms with Crippen LogP contribution in [0.5, 0.6) is 0 Å². The summed E-state index contributed by atoms with van der Waals surface area (Å²) < 4.78 is 2.19. The number of nitrogens with one attached hydrogen (secondary N) is 1. The van der Waals surface area contributed by atoms with E-state index < -0.39 is 0 Å². The van der Waals surface area contributed by atoms with Crippen molar-refractivity contribution in [2.24, 2.45) is 0 Å². The number of fused-ring (bicyclic) bond motifs is 3. The van der Waals surface area contributed by atoms with Crippen molar-refractivity contribution in [3.8, 4) is 0 Å². The van der Waals surface area contributed by atoms with E-state index in [1.54, 1.807) is 13.1 Å². The number of H-pyrrole nitrogens is 1. The number of amides is 1. The van der Waals surface area contributed by atoms with Gasteiger partial charge in [0.2, 0.25) is 5.91 Å². The highest BCUT2D eigenvalue weighted by atomic mass is 16.2. The molecule has 0 radical (unpaired) electrons. The van der Waals surface area contributed by atoms with Crippen molar-refractivity contribution in [2.75, 3.05) is 13.1 Å². The van der Waals surface area contributed by atoms with Crippen LogP contribution in [-0.2, 0) is 4.79 Å². The first kappa shape index (κ1) is 11.5. The molecule has 6 heteroatoms. The van der Waals surface area contributed by atoms with Crippen molar-refractivity contribution in [1.82, 2.24) is 24.4 Å². The van der Waals surface area contributed by atoms with Crippen LogP contribution in [-0.4, -0.2) is 43.4 Å². The topological polar surface area (TPSA) is 66.8 Å². The first-order chi connectivity index (χ1) is 9.74. The van der Waals surface area contributed by atoms with Crippen molar-refractivity contribution in [1.29, 1.82) is 0 Å². The fraction of sp³-hybridized carbons (Fsp3) is 0.357. The minimum Gasteiger partial charge on any atom is -0.346 e. The van der Waals surface area contributed by atoms with Gasteiger partial charge < -0.3 is 14.5 Å². The van der Waals surface area contributed by atoms with Gasteiger partial charge in [-0.15, -0.1) is 0 Å². The molecule has 0 saturated carbocycles. The normalized spacial score (nSPS) is 19.2. The van der Waals surface area contributed by atoms with E-state index in [-0.39, 0.29) is 5.91 Å². The Morgan fingerprint density at radius 1 is 1.45 bits per heavy atom. The van der Waals surface area contributed by atoms with Crippen LogP contribution in [0.4, 0.5) is 0 Å². The zero-order chi connectivity index (χ0) is 13.7. The summed E-state index contributed by atoms with van der Waals surface area (Å²) in [6.07, 6.45) is 6.53. The fourth-order valence-electron chi connectivity index (χ4n) is 3.06. The molecule has 1 fully saturated rings. The lowest BCUT2D eigenvalue weighted by Crippen LogP contribution is -2.26. The van der Waals surface area contributed by atoms with Crippen molar-refractivity contribution in [3.63, 3.8) is 0 Å². The van der Waals surface area contributed by atoms with Crippen molar-refractivity contribution in [2.45, 2.75) is 19.4 Å². The molecule has 20 heavy (non-hydrogen) atoms. The minimum absolute atomic E-state index is 0.144. The van der Waals surface area contributed by atoms with Gasteiger partial charge in [0.15, 0.2) is 0 Å². The van der Waals surface area contributed by atoms with Crippen molar-refractivity contribution < 1.29 is 4.79 Å². The third kappa shape index (κ3) is 1.54. The average Bonchev–Trinajstić information content (AvgIpc) is 3.16. The Labute approximate surface area is 115 Å². The second kappa shape index (κ2) is 4.06. The van der Waals surface area contributed by atoms with Gasteiger partial charge in [-0.1, -0.05) is 0 Å². The molecule has 0 aliphatic carbocycles. The molecule has 0 bridgehead atoms. The van der Waals surface area contributed by atoms with Gasteiger partial charge in [0, 0.05) is 31.6 Å². The van der Waals surface area contributed by atoms with Crippen molar-refractivity contribution in [3.05, 3.63) is 24.8 Å². The maximum atomic E-state index is 11.5. The molecule has 4 rings (SSSR count). The number of rotatable bonds is 1. The third-order valence-corrected chi connectivity index (χ3v) is 4.12. The summed E-state index contributed by atoms with van der Waals surface area (Å²) in [6, 6.07) is 2.32. The van der Waals surface area contributed by atoms with Gasteiger partial charge in [0.25, 0.3) is 0 Å². The number of aromatic amines is 1. The second-order valence-corrected chi connectivity index (χ2v) is 5.29. The first-order valence-corrected chi connectivity index (χ1v) is 6.78. The lowest BCUT2D eigenvalue weighted by atomic mass is 10.2. The van der Waals surface area contributed by atoms with E-state index in [2.05, 4.69) is 19.5 Å². The molecule has 6 nitrogen and oxygen atoms in total. The molecule has 102 valence electrons. The van der Waals surface area contributed by atoms with Gasteiger partial charge in [-0.2, -0.15) is 0 Å². The van der Waals surface area contributed by atoms with E-state index >= 15 is 0 Å². The average molecular weight is 269 g/mol. The van der Waals surface area contributed by atoms with Gasteiger partial charge in [0.1, 0.15) is 11.2 Å². The van der Waals surface area contributed by atoms with E-state index in [1.165, 1.54) is 0 Å². The Bertz CT molecular complexity index is 802. The molecule has 3 aromatic rings. The van der Waals surface area contributed by atoms with E-state index in [1.807, 2.05) is 23.5 Å². The number of carbonyl (C=O) groups is 1. The molecule has 1 amide bonds. The van der Waals surface area contributed by atoms with Crippen LogP contribution >= 0.6 is 0 Å². The third-order valence-electron chi connectivity index (χ3n) is 4.12. The van der Waals surface area contributed by atoms with Gasteiger partial charge >= 0.3 is 0 Å². The van der Waals surface area contributed by atoms with Gasteiger partial charge in [0.05, 0.1) is 24.1 Å². The van der Waals surface area contributed by atoms with E-state index in [4.69, 9.17) is 0 Å². The number of likely N-dealkylation sites (tertiary alicyclic amines) is 1. The van der Waals surface area contributed by atoms with E-state index in [0.29, 0.717) is 6.04 Å². The van der Waals surface area contributed by atoms with E-state index in [9.17, 15) is 4.79 Å². The summed E-state index contributed by atoms with van der Waals surface area (Å²) in [4.78, 5) is 25.3. The zero-order valence-electron chi connectivity index (χ0n) is 11.2. The molecule has 3 aromatic heterocycles. The number of carbonyl (C=O) groups excluding carboxylic acids is 1. The van der Waals surface area contributed by atoms with Crippen LogP contribution in [0, 0.1) is 0 Å². The smallest absolute Gasteiger partial charge is 0.219 e. The standard InChI is InChI=1S/C14H15N5O/c1-9(20)18-5-3-10(7-18)19-8-17-12-6-16-14-11(13(12)19)2-4-15-14/h2,4,6,8,10H,3,5,7H2,1H3,(H,15,16)/t10-/m1/s1. The number of hydrogen-bond acceptors (Lipinski definition) is 3. The van der Waals surface area contributed by atoms with Crippen LogP contribution in [0.1, 0.15) is 19.4 Å². The zero-order valence-corrected chi connectivity index (χ0v) is 11.2. The van der Waals surface area contributed by atoms with Crippen LogP contribution in [0.15, 0.2) is 24.8 Å². The first-order valence-electron chi connectivity index (χ1n) is 6.78. The summed E-state index contributed by atoms with van der Waals surface area (Å²) in [6.45, 7) is 3.21. The second-order valence-electron chi connectivity index (χ2n) is 5.29. The minimum atomic E-state index is 0.144. The largest absolute Gasteiger partial charge is 0.346 e. The van der Waals surface area contributed by atoms with Crippen LogP contribution in [0.25, 0.3) is 22.1 Å². The Kier molecular flexibility index (Phi) is 2.33. The van der Waals surface area contributed by atoms with Crippen LogP contribution < -0.4 is 0 Å². The molecule has 0 spiro atoms. The lowest BCUT2D eigenvalue weighted by molar-refractivity contribution is -0.127.